The average Bonchev–Trinajstić information content (AvgIpc) is 2.40. The number of carboxylic acid groups (broad SMARTS) is 1. The molecule has 104 valence electrons. The van der Waals surface area contributed by atoms with E-state index >= 15 is 0 Å². The molecule has 4 nitrogen and oxygen atoms in total. The predicted molar refractivity (Wildman–Crippen MR) is 74.8 cm³/mol. The number of nitrogens with two attached hydrogens (primary N) is 1. The molecule has 4 heteroatoms. The van der Waals surface area contributed by atoms with Crippen LogP contribution in [0.15, 0.2) is 24.3 Å². The van der Waals surface area contributed by atoms with E-state index in [9.17, 15) is 4.79 Å². The van der Waals surface area contributed by atoms with Crippen molar-refractivity contribution in [3.8, 4) is 0 Å². The van der Waals surface area contributed by atoms with Crippen LogP contribution in [0.4, 0.5) is 0 Å². The summed E-state index contributed by atoms with van der Waals surface area (Å²) in [7, 11) is 0. The van der Waals surface area contributed by atoms with E-state index in [-0.39, 0.29) is 6.42 Å². The highest BCUT2D eigenvalue weighted by atomic mass is 16.4. The van der Waals surface area contributed by atoms with Crippen LogP contribution < -0.4 is 5.73 Å². The molecule has 0 aliphatic carbocycles. The second-order valence-electron chi connectivity index (χ2n) is 5.28. The predicted octanol–water partition coefficient (Wildman–Crippen LogP) is 2.15. The molecule has 0 amide bonds. The third-order valence-corrected chi connectivity index (χ3v) is 3.66. The van der Waals surface area contributed by atoms with Gasteiger partial charge in [0.15, 0.2) is 0 Å². The Morgan fingerprint density at radius 2 is 1.84 bits per heavy atom. The van der Waals surface area contributed by atoms with Crippen molar-refractivity contribution < 1.29 is 9.90 Å². The van der Waals surface area contributed by atoms with Gasteiger partial charge in [-0.1, -0.05) is 30.7 Å². The lowest BCUT2D eigenvalue weighted by molar-refractivity contribution is -0.137. The molecule has 0 aromatic heterocycles. The summed E-state index contributed by atoms with van der Waals surface area (Å²) in [4.78, 5) is 13.1. The maximum absolute atomic E-state index is 10.6. The van der Waals surface area contributed by atoms with Crippen molar-refractivity contribution in [1.29, 1.82) is 0 Å². The molecule has 0 spiro atoms. The minimum absolute atomic E-state index is 0.0223. The van der Waals surface area contributed by atoms with Crippen LogP contribution in [0.25, 0.3) is 0 Å². The first kappa shape index (κ1) is 14.0. The number of likely N-dealkylation sites (tertiary alicyclic amines) is 1. The van der Waals surface area contributed by atoms with Crippen molar-refractivity contribution in [3.63, 3.8) is 0 Å². The van der Waals surface area contributed by atoms with E-state index in [1.54, 1.807) is 0 Å². The standard InChI is InChI=1S/C15H22N2O2/c16-14(10-15(18)19)13-6-4-12(5-7-13)11-17-8-2-1-3-9-17/h4-7,14H,1-3,8-11,16H2,(H,18,19). The minimum Gasteiger partial charge on any atom is -0.481 e. The fourth-order valence-electron chi connectivity index (χ4n) is 2.55. The summed E-state index contributed by atoms with van der Waals surface area (Å²) >= 11 is 0. The molecule has 3 N–H and O–H groups in total. The summed E-state index contributed by atoms with van der Waals surface area (Å²) in [5.74, 6) is -0.857. The van der Waals surface area contributed by atoms with Gasteiger partial charge in [0.2, 0.25) is 0 Å². The van der Waals surface area contributed by atoms with E-state index in [0.29, 0.717) is 0 Å². The lowest BCUT2D eigenvalue weighted by Gasteiger charge is -2.26. The van der Waals surface area contributed by atoms with Gasteiger partial charge in [-0.3, -0.25) is 9.69 Å². The van der Waals surface area contributed by atoms with Gasteiger partial charge in [0.05, 0.1) is 6.42 Å². The summed E-state index contributed by atoms with van der Waals surface area (Å²) in [6, 6.07) is 7.61. The van der Waals surface area contributed by atoms with Gasteiger partial charge in [0.1, 0.15) is 0 Å². The smallest absolute Gasteiger partial charge is 0.305 e. The van der Waals surface area contributed by atoms with Gasteiger partial charge in [0, 0.05) is 12.6 Å². The Kier molecular flexibility index (Phi) is 4.93. The lowest BCUT2D eigenvalue weighted by Crippen LogP contribution is -2.29. The fourth-order valence-corrected chi connectivity index (χ4v) is 2.55. The first-order chi connectivity index (χ1) is 9.15. The molecule has 0 bridgehead atoms. The summed E-state index contributed by atoms with van der Waals surface area (Å²) in [5, 5.41) is 8.73. The molecule has 1 heterocycles. The first-order valence-corrected chi connectivity index (χ1v) is 6.94. The Hall–Kier alpha value is -1.39. The van der Waals surface area contributed by atoms with Crippen molar-refractivity contribution in [3.05, 3.63) is 35.4 Å². The minimum atomic E-state index is -0.857. The van der Waals surface area contributed by atoms with Crippen LogP contribution in [0, 0.1) is 0 Å². The molecule has 1 aromatic carbocycles. The molecule has 1 unspecified atom stereocenters. The molecule has 19 heavy (non-hydrogen) atoms. The molecule has 1 fully saturated rings. The van der Waals surface area contributed by atoms with Crippen LogP contribution in [0.3, 0.4) is 0 Å². The fraction of sp³-hybridized carbons (Fsp3) is 0.533. The molecule has 0 saturated carbocycles. The Labute approximate surface area is 114 Å². The van der Waals surface area contributed by atoms with Crippen molar-refractivity contribution in [2.24, 2.45) is 5.73 Å². The third-order valence-electron chi connectivity index (χ3n) is 3.66. The normalized spacial score (nSPS) is 18.2. The molecule has 1 aromatic rings. The first-order valence-electron chi connectivity index (χ1n) is 6.94. The number of hydrogen-bond donors (Lipinski definition) is 2. The van der Waals surface area contributed by atoms with Gasteiger partial charge in [-0.15, -0.1) is 0 Å². The zero-order valence-corrected chi connectivity index (χ0v) is 11.2. The third kappa shape index (κ3) is 4.33. The summed E-state index contributed by atoms with van der Waals surface area (Å²) < 4.78 is 0. The van der Waals surface area contributed by atoms with Crippen LogP contribution in [-0.4, -0.2) is 29.1 Å². The number of nitrogens with zero attached hydrogens (tertiary/aromatic N) is 1. The van der Waals surface area contributed by atoms with Crippen molar-refractivity contribution in [2.45, 2.75) is 38.3 Å². The summed E-state index contributed by atoms with van der Waals surface area (Å²) in [5.41, 5.74) is 8.00. The Morgan fingerprint density at radius 1 is 1.21 bits per heavy atom. The Morgan fingerprint density at radius 3 is 2.42 bits per heavy atom. The van der Waals surface area contributed by atoms with Crippen LogP contribution in [-0.2, 0) is 11.3 Å². The highest BCUT2D eigenvalue weighted by molar-refractivity contribution is 5.67. The van der Waals surface area contributed by atoms with Gasteiger partial charge in [0.25, 0.3) is 0 Å². The van der Waals surface area contributed by atoms with Crippen LogP contribution >= 0.6 is 0 Å². The number of aliphatic carboxylic acids is 1. The van der Waals surface area contributed by atoms with Crippen molar-refractivity contribution >= 4 is 5.97 Å². The molecule has 1 saturated heterocycles. The average molecular weight is 262 g/mol. The number of carboxylic acids is 1. The molecular formula is C15H22N2O2. The molecule has 0 radical (unpaired) electrons. The molecule has 1 aliphatic rings. The number of rotatable bonds is 5. The summed E-state index contributed by atoms with van der Waals surface area (Å²) in [6.07, 6.45) is 3.91. The van der Waals surface area contributed by atoms with Gasteiger partial charge in [-0.2, -0.15) is 0 Å². The van der Waals surface area contributed by atoms with E-state index in [1.165, 1.54) is 37.9 Å². The van der Waals surface area contributed by atoms with Crippen molar-refractivity contribution in [2.75, 3.05) is 13.1 Å². The van der Waals surface area contributed by atoms with Gasteiger partial charge < -0.3 is 10.8 Å². The van der Waals surface area contributed by atoms with Crippen LogP contribution in [0.1, 0.15) is 42.9 Å². The number of piperidine rings is 1. The zero-order chi connectivity index (χ0) is 13.7. The number of carbonyl (C=O) groups is 1. The van der Waals surface area contributed by atoms with E-state index in [4.69, 9.17) is 10.8 Å². The lowest BCUT2D eigenvalue weighted by atomic mass is 10.0. The SMILES string of the molecule is NC(CC(=O)O)c1ccc(CN2CCCCC2)cc1. The molecule has 1 aliphatic heterocycles. The van der Waals surface area contributed by atoms with Crippen molar-refractivity contribution in [1.82, 2.24) is 4.90 Å². The zero-order valence-electron chi connectivity index (χ0n) is 11.2. The largest absolute Gasteiger partial charge is 0.481 e. The van der Waals surface area contributed by atoms with E-state index in [0.717, 1.165) is 12.1 Å². The van der Waals surface area contributed by atoms with Gasteiger partial charge in [-0.05, 0) is 37.1 Å². The van der Waals surface area contributed by atoms with Gasteiger partial charge in [-0.25, -0.2) is 0 Å². The van der Waals surface area contributed by atoms with E-state index in [2.05, 4.69) is 17.0 Å². The molecular weight excluding hydrogens is 240 g/mol. The van der Waals surface area contributed by atoms with Crippen LogP contribution in [0.2, 0.25) is 0 Å². The highest BCUT2D eigenvalue weighted by Crippen LogP contribution is 2.17. The number of hydrogen-bond acceptors (Lipinski definition) is 3. The summed E-state index contributed by atoms with van der Waals surface area (Å²) in [6.45, 7) is 3.34. The Bertz CT molecular complexity index is 411. The topological polar surface area (TPSA) is 66.6 Å². The Balaban J connectivity index is 1.92. The monoisotopic (exact) mass is 262 g/mol. The maximum atomic E-state index is 10.6. The molecule has 1 atom stereocenters. The second-order valence-corrected chi connectivity index (χ2v) is 5.28. The van der Waals surface area contributed by atoms with E-state index < -0.39 is 12.0 Å². The quantitative estimate of drug-likeness (QED) is 0.853. The maximum Gasteiger partial charge on any atom is 0.305 e. The highest BCUT2D eigenvalue weighted by Gasteiger charge is 2.12. The molecule has 2 rings (SSSR count). The van der Waals surface area contributed by atoms with Crippen LogP contribution in [0.5, 0.6) is 0 Å². The number of benzene rings is 1. The second kappa shape index (κ2) is 6.68. The van der Waals surface area contributed by atoms with E-state index in [1.807, 2.05) is 12.1 Å². The van der Waals surface area contributed by atoms with Gasteiger partial charge >= 0.3 is 5.97 Å².